The second kappa shape index (κ2) is 10.1. The molecule has 158 valence electrons. The first-order chi connectivity index (χ1) is 14.4. The van der Waals surface area contributed by atoms with Gasteiger partial charge in [0, 0.05) is 23.1 Å². The van der Waals surface area contributed by atoms with Crippen molar-refractivity contribution in [2.45, 2.75) is 43.8 Å². The summed E-state index contributed by atoms with van der Waals surface area (Å²) in [7, 11) is 1.61. The Bertz CT molecular complexity index is 1120. The number of aromatic nitrogens is 2. The van der Waals surface area contributed by atoms with Crippen molar-refractivity contribution in [1.29, 1.82) is 0 Å². The molecule has 1 N–H and O–H groups in total. The number of nitrogens with zero attached hydrogens (tertiary/aromatic N) is 2. The molecule has 1 unspecified atom stereocenters. The van der Waals surface area contributed by atoms with Gasteiger partial charge in [-0.3, -0.25) is 14.2 Å². The van der Waals surface area contributed by atoms with Crippen LogP contribution in [0.4, 0.5) is 0 Å². The number of benzene rings is 2. The van der Waals surface area contributed by atoms with Gasteiger partial charge in [-0.25, -0.2) is 4.98 Å². The first kappa shape index (κ1) is 22.4. The number of ether oxygens (including phenoxy) is 1. The van der Waals surface area contributed by atoms with Crippen molar-refractivity contribution < 1.29 is 9.53 Å². The number of nitrogens with one attached hydrogen (secondary N) is 1. The lowest BCUT2D eigenvalue weighted by Gasteiger charge is -2.16. The van der Waals surface area contributed by atoms with Gasteiger partial charge in [0.15, 0.2) is 5.16 Å². The SMILES string of the molecule is CCCn1c(SC(C)C(=O)NCc2ccccc2OC)nc2ccc(Br)cc2c1=O. The Balaban J connectivity index is 1.80. The number of amides is 1. The van der Waals surface area contributed by atoms with Crippen LogP contribution in [0.1, 0.15) is 25.8 Å². The Kier molecular flexibility index (Phi) is 7.55. The van der Waals surface area contributed by atoms with E-state index < -0.39 is 5.25 Å². The molecule has 3 rings (SSSR count). The van der Waals surface area contributed by atoms with Gasteiger partial charge in [0.25, 0.3) is 5.56 Å². The average Bonchev–Trinajstić information content (AvgIpc) is 2.75. The fourth-order valence-electron chi connectivity index (χ4n) is 3.07. The van der Waals surface area contributed by atoms with E-state index in [4.69, 9.17) is 4.74 Å². The second-order valence-corrected chi connectivity index (χ2v) is 9.03. The molecule has 6 nitrogen and oxygen atoms in total. The number of para-hydroxylation sites is 1. The van der Waals surface area contributed by atoms with Gasteiger partial charge in [0.1, 0.15) is 5.75 Å². The number of rotatable bonds is 8. The van der Waals surface area contributed by atoms with E-state index in [1.54, 1.807) is 17.7 Å². The summed E-state index contributed by atoms with van der Waals surface area (Å²) >= 11 is 4.71. The zero-order chi connectivity index (χ0) is 21.7. The van der Waals surface area contributed by atoms with Gasteiger partial charge in [0.05, 0.1) is 23.3 Å². The van der Waals surface area contributed by atoms with Crippen LogP contribution in [0, 0.1) is 0 Å². The summed E-state index contributed by atoms with van der Waals surface area (Å²) in [5.74, 6) is 0.608. The molecule has 2 aromatic carbocycles. The van der Waals surface area contributed by atoms with Crippen molar-refractivity contribution in [3.63, 3.8) is 0 Å². The van der Waals surface area contributed by atoms with Crippen molar-refractivity contribution in [1.82, 2.24) is 14.9 Å². The molecule has 0 spiro atoms. The zero-order valence-corrected chi connectivity index (χ0v) is 19.5. The maximum atomic E-state index is 13.0. The zero-order valence-electron chi connectivity index (χ0n) is 17.1. The maximum Gasteiger partial charge on any atom is 0.262 e. The highest BCUT2D eigenvalue weighted by Crippen LogP contribution is 2.24. The van der Waals surface area contributed by atoms with Crippen molar-refractivity contribution >= 4 is 44.5 Å². The van der Waals surface area contributed by atoms with Crippen LogP contribution in [0.3, 0.4) is 0 Å². The van der Waals surface area contributed by atoms with Crippen LogP contribution in [0.15, 0.2) is 56.9 Å². The summed E-state index contributed by atoms with van der Waals surface area (Å²) in [6, 6.07) is 13.0. The van der Waals surface area contributed by atoms with Crippen LogP contribution < -0.4 is 15.6 Å². The number of hydrogen-bond acceptors (Lipinski definition) is 5. The molecule has 0 aliphatic rings. The molecule has 0 fully saturated rings. The van der Waals surface area contributed by atoms with E-state index in [1.807, 2.05) is 50.2 Å². The van der Waals surface area contributed by atoms with Crippen molar-refractivity contribution in [2.75, 3.05) is 7.11 Å². The number of hydrogen-bond donors (Lipinski definition) is 1. The summed E-state index contributed by atoms with van der Waals surface area (Å²) in [5, 5.41) is 3.65. The van der Waals surface area contributed by atoms with Crippen molar-refractivity contribution in [3.05, 3.63) is 62.9 Å². The third kappa shape index (κ3) is 5.05. The van der Waals surface area contributed by atoms with Crippen LogP contribution in [-0.2, 0) is 17.9 Å². The van der Waals surface area contributed by atoms with Crippen molar-refractivity contribution in [2.24, 2.45) is 0 Å². The highest BCUT2D eigenvalue weighted by molar-refractivity contribution is 9.10. The first-order valence-electron chi connectivity index (χ1n) is 9.71. The molecule has 0 aliphatic heterocycles. The van der Waals surface area contributed by atoms with Crippen LogP contribution in [0.5, 0.6) is 5.75 Å². The number of methoxy groups -OCH3 is 1. The average molecular weight is 490 g/mol. The Morgan fingerprint density at radius 2 is 2.07 bits per heavy atom. The minimum atomic E-state index is -0.414. The molecule has 0 bridgehead atoms. The summed E-state index contributed by atoms with van der Waals surface area (Å²) in [4.78, 5) is 30.4. The number of carbonyl (C=O) groups is 1. The van der Waals surface area contributed by atoms with Gasteiger partial charge in [-0.1, -0.05) is 52.8 Å². The second-order valence-electron chi connectivity index (χ2n) is 6.80. The largest absolute Gasteiger partial charge is 0.496 e. The van der Waals surface area contributed by atoms with Crippen LogP contribution in [-0.4, -0.2) is 27.8 Å². The smallest absolute Gasteiger partial charge is 0.262 e. The molecule has 0 radical (unpaired) electrons. The molecule has 1 aromatic heterocycles. The van der Waals surface area contributed by atoms with Crippen LogP contribution in [0.25, 0.3) is 10.9 Å². The minimum Gasteiger partial charge on any atom is -0.496 e. The predicted molar refractivity (Wildman–Crippen MR) is 124 cm³/mol. The Hall–Kier alpha value is -2.32. The Labute approximate surface area is 188 Å². The van der Waals surface area contributed by atoms with E-state index in [-0.39, 0.29) is 11.5 Å². The Morgan fingerprint density at radius 3 is 2.80 bits per heavy atom. The fourth-order valence-corrected chi connectivity index (χ4v) is 4.39. The van der Waals surface area contributed by atoms with Gasteiger partial charge >= 0.3 is 0 Å². The third-order valence-electron chi connectivity index (χ3n) is 4.63. The highest BCUT2D eigenvalue weighted by Gasteiger charge is 2.19. The summed E-state index contributed by atoms with van der Waals surface area (Å²) in [6.45, 7) is 4.74. The normalized spacial score (nSPS) is 12.0. The predicted octanol–water partition coefficient (Wildman–Crippen LogP) is 4.37. The van der Waals surface area contributed by atoms with Crippen LogP contribution >= 0.6 is 27.7 Å². The minimum absolute atomic E-state index is 0.0905. The van der Waals surface area contributed by atoms with Gasteiger partial charge in [0.2, 0.25) is 5.91 Å². The quantitative estimate of drug-likeness (QED) is 0.375. The van der Waals surface area contributed by atoms with E-state index in [9.17, 15) is 9.59 Å². The first-order valence-corrected chi connectivity index (χ1v) is 11.4. The number of thioether (sulfide) groups is 1. The molecule has 0 saturated carbocycles. The van der Waals surface area contributed by atoms with Crippen LogP contribution in [0.2, 0.25) is 0 Å². The third-order valence-corrected chi connectivity index (χ3v) is 6.21. The lowest BCUT2D eigenvalue weighted by molar-refractivity contribution is -0.120. The topological polar surface area (TPSA) is 73.2 Å². The molecule has 3 aromatic rings. The molecule has 1 atom stereocenters. The lowest BCUT2D eigenvalue weighted by atomic mass is 10.2. The lowest BCUT2D eigenvalue weighted by Crippen LogP contribution is -2.32. The molecular weight excluding hydrogens is 466 g/mol. The summed E-state index contributed by atoms with van der Waals surface area (Å²) < 4.78 is 7.82. The molecule has 30 heavy (non-hydrogen) atoms. The molecule has 1 amide bonds. The van der Waals surface area contributed by atoms with E-state index in [2.05, 4.69) is 26.2 Å². The maximum absolute atomic E-state index is 13.0. The summed E-state index contributed by atoms with van der Waals surface area (Å²) in [5.41, 5.74) is 1.44. The molecule has 8 heteroatoms. The number of halogens is 1. The molecule has 0 aliphatic carbocycles. The molecule has 1 heterocycles. The highest BCUT2D eigenvalue weighted by atomic mass is 79.9. The Morgan fingerprint density at radius 1 is 1.30 bits per heavy atom. The number of carbonyl (C=O) groups excluding carboxylic acids is 1. The standard InChI is InChI=1S/C22H24BrN3O3S/c1-4-11-26-21(28)17-12-16(23)9-10-18(17)25-22(26)30-14(2)20(27)24-13-15-7-5-6-8-19(15)29-3/h5-10,12,14H,4,11,13H2,1-3H3,(H,24,27). The molecule has 0 saturated heterocycles. The van der Waals surface area contributed by atoms with Crippen molar-refractivity contribution in [3.8, 4) is 5.75 Å². The van der Waals surface area contributed by atoms with Gasteiger partial charge in [-0.05, 0) is 37.6 Å². The van der Waals surface area contributed by atoms with Gasteiger partial charge < -0.3 is 10.1 Å². The summed E-state index contributed by atoms with van der Waals surface area (Å²) in [6.07, 6.45) is 0.795. The van der Waals surface area contributed by atoms with Gasteiger partial charge in [-0.15, -0.1) is 0 Å². The number of fused-ring (bicyclic) bond motifs is 1. The van der Waals surface area contributed by atoms with E-state index in [0.29, 0.717) is 29.1 Å². The van der Waals surface area contributed by atoms with E-state index in [0.717, 1.165) is 22.2 Å². The van der Waals surface area contributed by atoms with E-state index in [1.165, 1.54) is 11.8 Å². The van der Waals surface area contributed by atoms with Gasteiger partial charge in [-0.2, -0.15) is 0 Å². The molecular formula is C22H24BrN3O3S. The van der Waals surface area contributed by atoms with E-state index >= 15 is 0 Å². The fraction of sp³-hybridized carbons (Fsp3) is 0.318. The monoisotopic (exact) mass is 489 g/mol.